The van der Waals surface area contributed by atoms with Crippen molar-refractivity contribution in [2.75, 3.05) is 11.9 Å². The number of hydrogen-bond donors (Lipinski definition) is 1. The Labute approximate surface area is 113 Å². The largest absolute Gasteiger partial charge is 0.463 e. The normalized spacial score (nSPS) is 10.9. The highest BCUT2D eigenvalue weighted by molar-refractivity contribution is 7.20. The second-order valence-corrected chi connectivity index (χ2v) is 5.06. The lowest BCUT2D eigenvalue weighted by Gasteiger charge is -2.07. The first-order valence-electron chi connectivity index (χ1n) is 5.84. The lowest BCUT2D eigenvalue weighted by atomic mass is 10.4. The molecule has 0 atom stereocenters. The summed E-state index contributed by atoms with van der Waals surface area (Å²) in [4.78, 5) is 27.3. The van der Waals surface area contributed by atoms with Gasteiger partial charge in [0, 0.05) is 18.8 Å². The Morgan fingerprint density at radius 1 is 1.58 bits per heavy atom. The molecule has 0 aliphatic rings. The molecule has 0 amide bonds. The summed E-state index contributed by atoms with van der Waals surface area (Å²) in [5.41, 5.74) is -0.228. The number of nitrogens with zero attached hydrogens (tertiary/aromatic N) is 3. The molecule has 2 aromatic rings. The second kappa shape index (κ2) is 5.79. The fourth-order valence-electron chi connectivity index (χ4n) is 1.41. The van der Waals surface area contributed by atoms with Gasteiger partial charge >= 0.3 is 5.97 Å². The number of fused-ring (bicyclic) bond motifs is 1. The van der Waals surface area contributed by atoms with Gasteiger partial charge in [-0.25, -0.2) is 4.98 Å². The zero-order valence-electron chi connectivity index (χ0n) is 10.6. The number of nitrogens with one attached hydrogen (secondary N) is 1. The van der Waals surface area contributed by atoms with Gasteiger partial charge in [0.2, 0.25) is 10.1 Å². The Kier molecular flexibility index (Phi) is 4.10. The number of ether oxygens (including phenoxy) is 1. The molecule has 19 heavy (non-hydrogen) atoms. The Morgan fingerprint density at radius 2 is 2.37 bits per heavy atom. The second-order valence-electron chi connectivity index (χ2n) is 4.10. The molecule has 2 rings (SSSR count). The van der Waals surface area contributed by atoms with Crippen molar-refractivity contribution >= 4 is 27.4 Å². The average Bonchev–Trinajstić information content (AvgIpc) is 2.72. The standard InChI is InChI=1S/C11H14N4O3S/c1-7(2)18-9(17)4-6-12-10-14-15-8(16)3-5-13-11(15)19-10/h3,5,7H,4,6H2,1-2H3,(H,12,14). The van der Waals surface area contributed by atoms with Crippen LogP contribution in [0.4, 0.5) is 5.13 Å². The molecule has 0 spiro atoms. The van der Waals surface area contributed by atoms with E-state index >= 15 is 0 Å². The molecule has 0 fully saturated rings. The fraction of sp³-hybridized carbons (Fsp3) is 0.455. The minimum Gasteiger partial charge on any atom is -0.463 e. The zero-order valence-corrected chi connectivity index (χ0v) is 11.4. The van der Waals surface area contributed by atoms with Crippen LogP contribution in [0.1, 0.15) is 20.3 Å². The van der Waals surface area contributed by atoms with Crippen LogP contribution < -0.4 is 10.9 Å². The van der Waals surface area contributed by atoms with E-state index in [9.17, 15) is 9.59 Å². The topological polar surface area (TPSA) is 85.6 Å². The number of rotatable bonds is 5. The molecule has 0 unspecified atom stereocenters. The summed E-state index contributed by atoms with van der Waals surface area (Å²) in [5.74, 6) is -0.265. The van der Waals surface area contributed by atoms with E-state index in [1.54, 1.807) is 13.8 Å². The molecule has 0 aliphatic heterocycles. The molecule has 7 nitrogen and oxygen atoms in total. The van der Waals surface area contributed by atoms with Crippen LogP contribution in [0, 0.1) is 0 Å². The quantitative estimate of drug-likeness (QED) is 0.820. The Hall–Kier alpha value is -1.96. The maximum Gasteiger partial charge on any atom is 0.307 e. The third kappa shape index (κ3) is 3.50. The molecule has 0 bridgehead atoms. The Balaban J connectivity index is 1.94. The van der Waals surface area contributed by atoms with Gasteiger partial charge in [-0.05, 0) is 13.8 Å². The first kappa shape index (κ1) is 13.5. The van der Waals surface area contributed by atoms with Crippen LogP contribution in [0.5, 0.6) is 0 Å². The van der Waals surface area contributed by atoms with Crippen molar-refractivity contribution in [1.82, 2.24) is 14.6 Å². The van der Waals surface area contributed by atoms with E-state index < -0.39 is 0 Å². The molecular formula is C11H14N4O3S. The first-order chi connectivity index (χ1) is 9.06. The van der Waals surface area contributed by atoms with Crippen LogP contribution >= 0.6 is 11.3 Å². The van der Waals surface area contributed by atoms with Crippen LogP contribution in [0.2, 0.25) is 0 Å². The number of hydrogen-bond acceptors (Lipinski definition) is 7. The molecule has 1 N–H and O–H groups in total. The van der Waals surface area contributed by atoms with Crippen LogP contribution in [0.15, 0.2) is 17.1 Å². The predicted octanol–water partition coefficient (Wildman–Crippen LogP) is 0.905. The average molecular weight is 282 g/mol. The maximum atomic E-state index is 11.5. The van der Waals surface area contributed by atoms with Gasteiger partial charge in [0.05, 0.1) is 12.5 Å². The van der Waals surface area contributed by atoms with E-state index in [-0.39, 0.29) is 24.1 Å². The van der Waals surface area contributed by atoms with Gasteiger partial charge in [0.15, 0.2) is 0 Å². The van der Waals surface area contributed by atoms with E-state index in [0.717, 1.165) is 0 Å². The summed E-state index contributed by atoms with van der Waals surface area (Å²) in [7, 11) is 0. The highest BCUT2D eigenvalue weighted by Gasteiger charge is 2.08. The molecule has 0 saturated heterocycles. The molecule has 0 aromatic carbocycles. The summed E-state index contributed by atoms with van der Waals surface area (Å²) >= 11 is 1.25. The number of esters is 1. The minimum absolute atomic E-state index is 0.113. The Morgan fingerprint density at radius 3 is 3.05 bits per heavy atom. The fourth-order valence-corrected chi connectivity index (χ4v) is 2.21. The SMILES string of the molecule is CC(C)OC(=O)CCNc1nn2c(=O)ccnc2s1. The molecular weight excluding hydrogens is 268 g/mol. The van der Waals surface area contributed by atoms with Gasteiger partial charge in [0.25, 0.3) is 5.56 Å². The summed E-state index contributed by atoms with van der Waals surface area (Å²) in [6, 6.07) is 1.34. The van der Waals surface area contributed by atoms with Crippen molar-refractivity contribution in [2.45, 2.75) is 26.4 Å². The molecule has 102 valence electrons. The van der Waals surface area contributed by atoms with Crippen molar-refractivity contribution in [3.05, 3.63) is 22.6 Å². The van der Waals surface area contributed by atoms with Gasteiger partial charge in [-0.15, -0.1) is 5.10 Å². The van der Waals surface area contributed by atoms with Crippen molar-refractivity contribution < 1.29 is 9.53 Å². The van der Waals surface area contributed by atoms with Crippen LogP contribution in [-0.4, -0.2) is 33.2 Å². The number of carbonyl (C=O) groups is 1. The van der Waals surface area contributed by atoms with Crippen molar-refractivity contribution in [2.24, 2.45) is 0 Å². The Bertz CT molecular complexity index is 634. The number of aromatic nitrogens is 3. The molecule has 2 aromatic heterocycles. The van der Waals surface area contributed by atoms with Gasteiger partial charge in [0.1, 0.15) is 0 Å². The van der Waals surface area contributed by atoms with E-state index in [0.29, 0.717) is 16.6 Å². The molecule has 0 radical (unpaired) electrons. The molecule has 0 aliphatic carbocycles. The van der Waals surface area contributed by atoms with Crippen LogP contribution in [0.25, 0.3) is 4.96 Å². The van der Waals surface area contributed by atoms with E-state index in [4.69, 9.17) is 4.74 Å². The summed E-state index contributed by atoms with van der Waals surface area (Å²) in [6.07, 6.45) is 1.58. The molecule has 0 saturated carbocycles. The lowest BCUT2D eigenvalue weighted by molar-refractivity contribution is -0.147. The molecule has 2 heterocycles. The predicted molar refractivity (Wildman–Crippen MR) is 71.5 cm³/mol. The van der Waals surface area contributed by atoms with Gasteiger partial charge in [-0.1, -0.05) is 11.3 Å². The van der Waals surface area contributed by atoms with E-state index in [1.807, 2.05) is 0 Å². The van der Waals surface area contributed by atoms with Gasteiger partial charge in [-0.2, -0.15) is 4.52 Å². The van der Waals surface area contributed by atoms with Crippen LogP contribution in [-0.2, 0) is 9.53 Å². The zero-order chi connectivity index (χ0) is 13.8. The third-order valence-electron chi connectivity index (χ3n) is 2.14. The van der Waals surface area contributed by atoms with Crippen molar-refractivity contribution in [1.29, 1.82) is 0 Å². The van der Waals surface area contributed by atoms with E-state index in [1.165, 1.54) is 28.1 Å². The monoisotopic (exact) mass is 282 g/mol. The van der Waals surface area contributed by atoms with E-state index in [2.05, 4.69) is 15.4 Å². The summed E-state index contributed by atoms with van der Waals surface area (Å²) in [5, 5.41) is 7.59. The minimum atomic E-state index is -0.265. The van der Waals surface area contributed by atoms with Gasteiger partial charge < -0.3 is 10.1 Å². The number of anilines is 1. The van der Waals surface area contributed by atoms with Gasteiger partial charge in [-0.3, -0.25) is 9.59 Å². The van der Waals surface area contributed by atoms with Crippen molar-refractivity contribution in [3.8, 4) is 0 Å². The molecule has 8 heteroatoms. The summed E-state index contributed by atoms with van der Waals surface area (Å²) in [6.45, 7) is 4.01. The maximum absolute atomic E-state index is 11.5. The third-order valence-corrected chi connectivity index (χ3v) is 3.02. The first-order valence-corrected chi connectivity index (χ1v) is 6.66. The summed E-state index contributed by atoms with van der Waals surface area (Å²) < 4.78 is 6.22. The highest BCUT2D eigenvalue weighted by Crippen LogP contribution is 2.15. The van der Waals surface area contributed by atoms with Crippen molar-refractivity contribution in [3.63, 3.8) is 0 Å². The highest BCUT2D eigenvalue weighted by atomic mass is 32.1. The smallest absolute Gasteiger partial charge is 0.307 e. The van der Waals surface area contributed by atoms with Crippen LogP contribution in [0.3, 0.4) is 0 Å². The number of carbonyl (C=O) groups excluding carboxylic acids is 1. The lowest BCUT2D eigenvalue weighted by Crippen LogP contribution is -2.16.